The molecule has 2 heterocycles. The highest BCUT2D eigenvalue weighted by Gasteiger charge is 2.12. The predicted molar refractivity (Wildman–Crippen MR) is 73.8 cm³/mol. The van der Waals surface area contributed by atoms with Gasteiger partial charge in [-0.25, -0.2) is 9.97 Å². The lowest BCUT2D eigenvalue weighted by atomic mass is 10.1. The molecular weight excluding hydrogens is 246 g/mol. The Bertz CT molecular complexity index is 731. The Morgan fingerprint density at radius 3 is 2.89 bits per heavy atom. The fourth-order valence-electron chi connectivity index (χ4n) is 2.15. The Hall–Kier alpha value is -1.87. The van der Waals surface area contributed by atoms with Gasteiger partial charge in [0, 0.05) is 28.9 Å². The maximum absolute atomic E-state index is 6.19. The van der Waals surface area contributed by atoms with Crippen molar-refractivity contribution in [2.24, 2.45) is 0 Å². The van der Waals surface area contributed by atoms with Gasteiger partial charge in [0.1, 0.15) is 5.82 Å². The Kier molecular flexibility index (Phi) is 2.56. The molecule has 0 atom stereocenters. The zero-order valence-electron chi connectivity index (χ0n) is 10.2. The molecule has 18 heavy (non-hydrogen) atoms. The summed E-state index contributed by atoms with van der Waals surface area (Å²) in [6.07, 6.45) is 3.60. The summed E-state index contributed by atoms with van der Waals surface area (Å²) in [7, 11) is 0. The summed E-state index contributed by atoms with van der Waals surface area (Å²) >= 11 is 6.19. The van der Waals surface area contributed by atoms with E-state index >= 15 is 0 Å². The van der Waals surface area contributed by atoms with Crippen molar-refractivity contribution in [3.63, 3.8) is 0 Å². The van der Waals surface area contributed by atoms with E-state index in [1.807, 2.05) is 19.2 Å². The first-order valence-electron chi connectivity index (χ1n) is 5.73. The largest absolute Gasteiger partial charge is 0.360 e. The highest BCUT2D eigenvalue weighted by Crippen LogP contribution is 2.32. The van der Waals surface area contributed by atoms with Gasteiger partial charge in [0.15, 0.2) is 0 Å². The van der Waals surface area contributed by atoms with Crippen LogP contribution in [0.3, 0.4) is 0 Å². The monoisotopic (exact) mass is 257 g/mol. The molecule has 0 spiro atoms. The van der Waals surface area contributed by atoms with Gasteiger partial charge >= 0.3 is 0 Å². The van der Waals surface area contributed by atoms with Crippen molar-refractivity contribution < 1.29 is 0 Å². The molecule has 1 N–H and O–H groups in total. The van der Waals surface area contributed by atoms with E-state index in [9.17, 15) is 0 Å². The maximum Gasteiger partial charge on any atom is 0.125 e. The summed E-state index contributed by atoms with van der Waals surface area (Å²) in [5.41, 5.74) is 4.13. The van der Waals surface area contributed by atoms with Gasteiger partial charge in [-0.05, 0) is 19.4 Å². The molecule has 0 fully saturated rings. The second-order valence-corrected chi connectivity index (χ2v) is 4.72. The molecule has 0 aliphatic rings. The van der Waals surface area contributed by atoms with E-state index in [1.165, 1.54) is 5.56 Å². The van der Waals surface area contributed by atoms with Crippen LogP contribution >= 0.6 is 11.6 Å². The Labute approximate surface area is 110 Å². The average molecular weight is 258 g/mol. The van der Waals surface area contributed by atoms with Gasteiger partial charge < -0.3 is 4.98 Å². The van der Waals surface area contributed by atoms with E-state index in [1.54, 1.807) is 6.20 Å². The Morgan fingerprint density at radius 2 is 2.06 bits per heavy atom. The molecule has 3 rings (SSSR count). The summed E-state index contributed by atoms with van der Waals surface area (Å²) in [6, 6.07) is 6.19. The number of halogens is 1. The first-order chi connectivity index (χ1) is 8.66. The van der Waals surface area contributed by atoms with Crippen LogP contribution in [0.2, 0.25) is 5.02 Å². The van der Waals surface area contributed by atoms with E-state index in [0.717, 1.165) is 28.0 Å². The normalized spacial score (nSPS) is 11.1. The third kappa shape index (κ3) is 1.68. The molecule has 2 aromatic heterocycles. The van der Waals surface area contributed by atoms with Crippen molar-refractivity contribution in [3.05, 3.63) is 47.0 Å². The lowest BCUT2D eigenvalue weighted by Crippen LogP contribution is -1.91. The number of benzene rings is 1. The van der Waals surface area contributed by atoms with E-state index in [2.05, 4.69) is 34.0 Å². The number of H-pyrrole nitrogens is 1. The van der Waals surface area contributed by atoms with Gasteiger partial charge in [0.2, 0.25) is 0 Å². The first kappa shape index (κ1) is 11.2. The van der Waals surface area contributed by atoms with Gasteiger partial charge in [0.05, 0.1) is 10.7 Å². The molecule has 4 heteroatoms. The molecule has 0 saturated heterocycles. The first-order valence-corrected chi connectivity index (χ1v) is 6.11. The predicted octanol–water partition coefficient (Wildman–Crippen LogP) is 3.90. The molecule has 0 amide bonds. The number of aromatic nitrogens is 3. The molecule has 3 aromatic rings. The number of rotatable bonds is 1. The third-order valence-electron chi connectivity index (χ3n) is 3.04. The van der Waals surface area contributed by atoms with Crippen LogP contribution in [0.15, 0.2) is 30.6 Å². The average Bonchev–Trinajstić information content (AvgIpc) is 2.77. The highest BCUT2D eigenvalue weighted by atomic mass is 35.5. The molecule has 0 unspecified atom stereocenters. The molecule has 0 aliphatic heterocycles. The minimum atomic E-state index is 0.572. The van der Waals surface area contributed by atoms with Gasteiger partial charge in [-0.2, -0.15) is 0 Å². The quantitative estimate of drug-likeness (QED) is 0.718. The number of para-hydroxylation sites is 1. The molecule has 0 bridgehead atoms. The van der Waals surface area contributed by atoms with E-state index < -0.39 is 0 Å². The van der Waals surface area contributed by atoms with Crippen molar-refractivity contribution in [1.29, 1.82) is 0 Å². The van der Waals surface area contributed by atoms with Crippen LogP contribution in [0.5, 0.6) is 0 Å². The summed E-state index contributed by atoms with van der Waals surface area (Å²) < 4.78 is 0. The van der Waals surface area contributed by atoms with Crippen molar-refractivity contribution >= 4 is 22.5 Å². The number of hydrogen-bond acceptors (Lipinski definition) is 2. The smallest absolute Gasteiger partial charge is 0.125 e. The van der Waals surface area contributed by atoms with Crippen LogP contribution in [0.1, 0.15) is 11.4 Å². The number of nitrogens with one attached hydrogen (secondary N) is 1. The van der Waals surface area contributed by atoms with Gasteiger partial charge in [-0.15, -0.1) is 0 Å². The second kappa shape index (κ2) is 4.10. The number of fused-ring (bicyclic) bond motifs is 1. The van der Waals surface area contributed by atoms with Gasteiger partial charge in [-0.3, -0.25) is 0 Å². The van der Waals surface area contributed by atoms with Crippen LogP contribution < -0.4 is 0 Å². The number of nitrogens with zero attached hydrogens (tertiary/aromatic N) is 2. The van der Waals surface area contributed by atoms with Crippen LogP contribution in [0, 0.1) is 13.8 Å². The molecule has 90 valence electrons. The summed E-state index contributed by atoms with van der Waals surface area (Å²) in [5, 5.41) is 1.71. The van der Waals surface area contributed by atoms with E-state index in [4.69, 9.17) is 11.6 Å². The number of aromatic amines is 1. The fraction of sp³-hybridized carbons (Fsp3) is 0.143. The van der Waals surface area contributed by atoms with E-state index in [-0.39, 0.29) is 0 Å². The molecule has 0 radical (unpaired) electrons. The van der Waals surface area contributed by atoms with Crippen molar-refractivity contribution in [1.82, 2.24) is 15.0 Å². The topological polar surface area (TPSA) is 41.6 Å². The van der Waals surface area contributed by atoms with Crippen LogP contribution in [0.25, 0.3) is 22.2 Å². The zero-order valence-corrected chi connectivity index (χ0v) is 10.9. The minimum absolute atomic E-state index is 0.572. The Morgan fingerprint density at radius 1 is 1.22 bits per heavy atom. The number of hydrogen-bond donors (Lipinski definition) is 1. The molecular formula is C14H12ClN3. The van der Waals surface area contributed by atoms with Crippen LogP contribution in [-0.4, -0.2) is 15.0 Å². The molecule has 0 aliphatic carbocycles. The third-order valence-corrected chi connectivity index (χ3v) is 3.32. The molecule has 3 nitrogen and oxygen atoms in total. The zero-order chi connectivity index (χ0) is 12.7. The highest BCUT2D eigenvalue weighted by molar-refractivity contribution is 6.33. The van der Waals surface area contributed by atoms with E-state index in [0.29, 0.717) is 5.02 Å². The maximum atomic E-state index is 6.19. The SMILES string of the molecule is Cc1ncc(Cl)c(-c2c[nH]c3c(C)cccc23)n1. The summed E-state index contributed by atoms with van der Waals surface area (Å²) in [6.45, 7) is 3.94. The van der Waals surface area contributed by atoms with Crippen LogP contribution in [-0.2, 0) is 0 Å². The minimum Gasteiger partial charge on any atom is -0.360 e. The van der Waals surface area contributed by atoms with Crippen molar-refractivity contribution in [2.45, 2.75) is 13.8 Å². The van der Waals surface area contributed by atoms with Gasteiger partial charge in [0.25, 0.3) is 0 Å². The van der Waals surface area contributed by atoms with Crippen molar-refractivity contribution in [2.75, 3.05) is 0 Å². The standard InChI is InChI=1S/C14H12ClN3/c1-8-4-3-5-10-11(6-17-13(8)10)14-12(15)7-16-9(2)18-14/h3-7,17H,1-2H3. The fourth-order valence-corrected chi connectivity index (χ4v) is 2.34. The lowest BCUT2D eigenvalue weighted by molar-refractivity contribution is 1.06. The molecule has 0 saturated carbocycles. The van der Waals surface area contributed by atoms with Crippen LogP contribution in [0.4, 0.5) is 0 Å². The second-order valence-electron chi connectivity index (χ2n) is 4.31. The molecule has 1 aromatic carbocycles. The lowest BCUT2D eigenvalue weighted by Gasteiger charge is -2.03. The Balaban J connectivity index is 2.32. The summed E-state index contributed by atoms with van der Waals surface area (Å²) in [4.78, 5) is 11.8. The number of aryl methyl sites for hydroxylation is 2. The van der Waals surface area contributed by atoms with Crippen molar-refractivity contribution in [3.8, 4) is 11.3 Å². The van der Waals surface area contributed by atoms with Gasteiger partial charge in [-0.1, -0.05) is 29.8 Å². The summed E-state index contributed by atoms with van der Waals surface area (Å²) in [5.74, 6) is 0.719.